The van der Waals surface area contributed by atoms with Gasteiger partial charge in [-0.1, -0.05) is 23.7 Å². The summed E-state index contributed by atoms with van der Waals surface area (Å²) in [5.41, 5.74) is 6.42. The van der Waals surface area contributed by atoms with Crippen LogP contribution < -0.4 is 15.5 Å². The number of hydrogen-bond donors (Lipinski definition) is 2. The van der Waals surface area contributed by atoms with Gasteiger partial charge in [0.2, 0.25) is 0 Å². The van der Waals surface area contributed by atoms with Crippen molar-refractivity contribution in [1.29, 1.82) is 5.26 Å². The molecule has 1 aromatic heterocycles. The van der Waals surface area contributed by atoms with Gasteiger partial charge in [-0.25, -0.2) is 10.4 Å². The van der Waals surface area contributed by atoms with Crippen LogP contribution in [0.2, 0.25) is 5.02 Å². The standard InChI is InChI=1S/C25H17ClIN5O2S/c26-19-6-8-20(9-7-19)30-25-31-22(15-35-25)17-2-4-18(5-3-17)24(33)32-29-14-16-1-10-23(21(27)13-16)34-12-11-28/h1-10,13-15H,12H2,(H,30,31)(H,32,33)/b29-14-. The maximum Gasteiger partial charge on any atom is 0.271 e. The largest absolute Gasteiger partial charge is 0.478 e. The number of rotatable bonds is 8. The molecule has 0 bridgehead atoms. The lowest BCUT2D eigenvalue weighted by atomic mass is 10.1. The van der Waals surface area contributed by atoms with E-state index in [0.29, 0.717) is 16.3 Å². The van der Waals surface area contributed by atoms with Gasteiger partial charge in [0.1, 0.15) is 11.8 Å². The van der Waals surface area contributed by atoms with E-state index in [2.05, 4.69) is 43.4 Å². The number of aromatic nitrogens is 1. The van der Waals surface area contributed by atoms with Gasteiger partial charge in [0.15, 0.2) is 11.7 Å². The monoisotopic (exact) mass is 613 g/mol. The molecule has 7 nitrogen and oxygen atoms in total. The number of nitriles is 1. The van der Waals surface area contributed by atoms with Crippen molar-refractivity contribution in [3.05, 3.63) is 91.8 Å². The molecule has 1 amide bonds. The fraction of sp³-hybridized carbons (Fsp3) is 0.0400. The molecule has 2 N–H and O–H groups in total. The third-order valence-electron chi connectivity index (χ3n) is 4.67. The molecule has 0 unspecified atom stereocenters. The fourth-order valence-electron chi connectivity index (χ4n) is 2.97. The lowest BCUT2D eigenvalue weighted by molar-refractivity contribution is 0.0955. The van der Waals surface area contributed by atoms with Gasteiger partial charge < -0.3 is 10.1 Å². The number of carbonyl (C=O) groups is 1. The molecule has 4 rings (SSSR count). The van der Waals surface area contributed by atoms with Gasteiger partial charge >= 0.3 is 0 Å². The van der Waals surface area contributed by atoms with Crippen molar-refractivity contribution in [3.8, 4) is 23.1 Å². The van der Waals surface area contributed by atoms with Crippen LogP contribution in [0.15, 0.2) is 77.2 Å². The molecular weight excluding hydrogens is 597 g/mol. The second-order valence-electron chi connectivity index (χ2n) is 7.08. The SMILES string of the molecule is N#CCOc1ccc(/C=N\NC(=O)c2ccc(-c3csc(Nc4ccc(Cl)cc4)n3)cc2)cc1I. The maximum atomic E-state index is 12.4. The van der Waals surface area contributed by atoms with Crippen LogP contribution in [0.25, 0.3) is 11.3 Å². The molecule has 0 fully saturated rings. The zero-order valence-electron chi connectivity index (χ0n) is 18.0. The van der Waals surface area contributed by atoms with Gasteiger partial charge in [-0.05, 0) is 82.8 Å². The molecule has 4 aromatic rings. The minimum Gasteiger partial charge on any atom is -0.478 e. The zero-order valence-corrected chi connectivity index (χ0v) is 21.8. The van der Waals surface area contributed by atoms with Crippen LogP contribution >= 0.6 is 45.5 Å². The van der Waals surface area contributed by atoms with Gasteiger partial charge in [0.05, 0.1) is 15.5 Å². The van der Waals surface area contributed by atoms with Gasteiger partial charge in [-0.15, -0.1) is 11.3 Å². The molecule has 3 aromatic carbocycles. The van der Waals surface area contributed by atoms with E-state index in [9.17, 15) is 4.79 Å². The molecule has 0 aliphatic rings. The van der Waals surface area contributed by atoms with Crippen molar-refractivity contribution in [2.24, 2.45) is 5.10 Å². The first-order chi connectivity index (χ1) is 17.0. The van der Waals surface area contributed by atoms with Crippen LogP contribution in [0.4, 0.5) is 10.8 Å². The Morgan fingerprint density at radius 3 is 2.66 bits per heavy atom. The van der Waals surface area contributed by atoms with Crippen LogP contribution in [0, 0.1) is 14.9 Å². The average Bonchev–Trinajstić information content (AvgIpc) is 3.33. The summed E-state index contributed by atoms with van der Waals surface area (Å²) in [6, 6.07) is 21.9. The fourth-order valence-corrected chi connectivity index (χ4v) is 4.53. The van der Waals surface area contributed by atoms with E-state index in [-0.39, 0.29) is 12.5 Å². The molecule has 0 saturated heterocycles. The first kappa shape index (κ1) is 24.7. The number of hydrazone groups is 1. The number of benzene rings is 3. The molecule has 1 heterocycles. The van der Waals surface area contributed by atoms with Crippen molar-refractivity contribution in [2.45, 2.75) is 0 Å². The number of halogens is 2. The summed E-state index contributed by atoms with van der Waals surface area (Å²) >= 11 is 9.54. The Labute approximate surface area is 224 Å². The molecule has 10 heteroatoms. The smallest absolute Gasteiger partial charge is 0.271 e. The highest BCUT2D eigenvalue weighted by molar-refractivity contribution is 14.1. The van der Waals surface area contributed by atoms with E-state index < -0.39 is 0 Å². The molecule has 0 atom stereocenters. The van der Waals surface area contributed by atoms with Gasteiger partial charge in [0.25, 0.3) is 5.91 Å². The molecule has 0 spiro atoms. The molecule has 0 aliphatic heterocycles. The predicted octanol–water partition coefficient (Wildman–Crippen LogP) is 6.48. The number of nitrogens with one attached hydrogen (secondary N) is 2. The third kappa shape index (κ3) is 6.79. The molecule has 0 aliphatic carbocycles. The Hall–Kier alpha value is -3.46. The minimum absolute atomic E-state index is 0.0117. The summed E-state index contributed by atoms with van der Waals surface area (Å²) in [5, 5.41) is 19.3. The number of thiazole rings is 1. The van der Waals surface area contributed by atoms with E-state index in [1.54, 1.807) is 30.5 Å². The van der Waals surface area contributed by atoms with Crippen LogP contribution in [0.3, 0.4) is 0 Å². The Bertz CT molecular complexity index is 1400. The number of carbonyl (C=O) groups excluding carboxylic acids is 1. The molecule has 0 saturated carbocycles. The summed E-state index contributed by atoms with van der Waals surface area (Å²) in [6.07, 6.45) is 1.55. The topological polar surface area (TPSA) is 99.4 Å². The second kappa shape index (κ2) is 11.8. The molecule has 35 heavy (non-hydrogen) atoms. The van der Waals surface area contributed by atoms with Crippen LogP contribution in [0.1, 0.15) is 15.9 Å². The Morgan fingerprint density at radius 2 is 1.94 bits per heavy atom. The van der Waals surface area contributed by atoms with Crippen molar-refractivity contribution < 1.29 is 9.53 Å². The Balaban J connectivity index is 1.34. The first-order valence-electron chi connectivity index (χ1n) is 10.2. The first-order valence-corrected chi connectivity index (χ1v) is 12.6. The van der Waals surface area contributed by atoms with E-state index in [4.69, 9.17) is 21.6 Å². The van der Waals surface area contributed by atoms with E-state index >= 15 is 0 Å². The van der Waals surface area contributed by atoms with E-state index in [1.807, 2.05) is 53.9 Å². The van der Waals surface area contributed by atoms with Crippen molar-refractivity contribution >= 4 is 68.5 Å². The number of hydrogen-bond acceptors (Lipinski definition) is 7. The molecular formula is C25H17ClIN5O2S. The maximum absolute atomic E-state index is 12.4. The van der Waals surface area contributed by atoms with E-state index in [0.717, 1.165) is 31.2 Å². The van der Waals surface area contributed by atoms with Gasteiger partial charge in [-0.3, -0.25) is 4.79 Å². The minimum atomic E-state index is -0.320. The molecule has 0 radical (unpaired) electrons. The number of ether oxygens (including phenoxy) is 1. The molecule has 174 valence electrons. The quantitative estimate of drug-likeness (QED) is 0.135. The average molecular weight is 614 g/mol. The lowest BCUT2D eigenvalue weighted by Crippen LogP contribution is -2.17. The van der Waals surface area contributed by atoms with E-state index in [1.165, 1.54) is 11.3 Å². The van der Waals surface area contributed by atoms with Crippen molar-refractivity contribution in [1.82, 2.24) is 10.4 Å². The van der Waals surface area contributed by atoms with Crippen molar-refractivity contribution in [3.63, 3.8) is 0 Å². The Morgan fingerprint density at radius 1 is 1.17 bits per heavy atom. The summed E-state index contributed by atoms with van der Waals surface area (Å²) < 4.78 is 6.17. The summed E-state index contributed by atoms with van der Waals surface area (Å²) in [7, 11) is 0. The normalized spacial score (nSPS) is 10.7. The highest BCUT2D eigenvalue weighted by Gasteiger charge is 2.08. The summed E-state index contributed by atoms with van der Waals surface area (Å²) in [4.78, 5) is 17.1. The second-order valence-corrected chi connectivity index (χ2v) is 9.54. The van der Waals surface area contributed by atoms with Gasteiger partial charge in [0, 0.05) is 27.2 Å². The van der Waals surface area contributed by atoms with Crippen LogP contribution in [-0.2, 0) is 0 Å². The highest BCUT2D eigenvalue weighted by Crippen LogP contribution is 2.28. The number of anilines is 2. The number of nitrogens with zero attached hydrogens (tertiary/aromatic N) is 3. The van der Waals surface area contributed by atoms with Crippen LogP contribution in [0.5, 0.6) is 5.75 Å². The lowest BCUT2D eigenvalue weighted by Gasteiger charge is -2.05. The number of amides is 1. The van der Waals surface area contributed by atoms with Crippen LogP contribution in [-0.4, -0.2) is 23.7 Å². The highest BCUT2D eigenvalue weighted by atomic mass is 127. The summed E-state index contributed by atoms with van der Waals surface area (Å²) in [6.45, 7) is -0.0117. The predicted molar refractivity (Wildman–Crippen MR) is 148 cm³/mol. The Kier molecular flexibility index (Phi) is 8.31. The third-order valence-corrected chi connectivity index (χ3v) is 6.52. The summed E-state index contributed by atoms with van der Waals surface area (Å²) in [5.74, 6) is 0.307. The zero-order chi connectivity index (χ0) is 24.6. The van der Waals surface area contributed by atoms with Crippen molar-refractivity contribution in [2.75, 3.05) is 11.9 Å². The van der Waals surface area contributed by atoms with Gasteiger partial charge in [-0.2, -0.15) is 10.4 Å².